The topological polar surface area (TPSA) is 54.6 Å². The lowest BCUT2D eigenvalue weighted by Gasteiger charge is -2.15. The molecule has 21 heavy (non-hydrogen) atoms. The molecule has 0 amide bonds. The normalized spacial score (nSPS) is 12.3. The minimum atomic E-state index is 0.132. The molecule has 4 nitrogen and oxygen atoms in total. The van der Waals surface area contributed by atoms with Gasteiger partial charge < -0.3 is 19.6 Å². The first-order chi connectivity index (χ1) is 10.1. The molecule has 1 unspecified atom stereocenters. The fourth-order valence-electron chi connectivity index (χ4n) is 2.12. The molecule has 2 N–H and O–H groups in total. The van der Waals surface area contributed by atoms with Gasteiger partial charge in [0.15, 0.2) is 11.5 Å². The van der Waals surface area contributed by atoms with E-state index in [0.29, 0.717) is 23.4 Å². The highest BCUT2D eigenvalue weighted by Crippen LogP contribution is 2.33. The minimum absolute atomic E-state index is 0.132. The minimum Gasteiger partial charge on any atom is -0.504 e. The van der Waals surface area contributed by atoms with Crippen molar-refractivity contribution in [3.63, 3.8) is 0 Å². The molecule has 0 bridgehead atoms. The third-order valence-corrected chi connectivity index (χ3v) is 3.60. The second-order valence-electron chi connectivity index (χ2n) is 5.02. The molecular formula is C16H20ClNO3. The Bertz CT molecular complexity index is 569. The average Bonchev–Trinajstić information content (AvgIpc) is 2.98. The van der Waals surface area contributed by atoms with Gasteiger partial charge in [0.1, 0.15) is 5.76 Å². The number of phenolic OH excluding ortho intramolecular Hbond substituents is 1. The smallest absolute Gasteiger partial charge is 0.162 e. The van der Waals surface area contributed by atoms with Gasteiger partial charge in [-0.2, -0.15) is 0 Å². The van der Waals surface area contributed by atoms with E-state index in [1.54, 1.807) is 18.4 Å². The predicted molar refractivity (Wildman–Crippen MR) is 83.0 cm³/mol. The molecular weight excluding hydrogens is 290 g/mol. The Kier molecular flexibility index (Phi) is 5.53. The maximum atomic E-state index is 10.1. The molecule has 2 aromatic rings. The summed E-state index contributed by atoms with van der Waals surface area (Å²) < 4.78 is 10.4. The highest BCUT2D eigenvalue weighted by molar-refractivity contribution is 6.30. The van der Waals surface area contributed by atoms with Gasteiger partial charge in [-0.1, -0.05) is 11.6 Å². The van der Waals surface area contributed by atoms with Gasteiger partial charge in [-0.3, -0.25) is 0 Å². The molecule has 0 fully saturated rings. The van der Waals surface area contributed by atoms with Crippen molar-refractivity contribution in [1.29, 1.82) is 0 Å². The van der Waals surface area contributed by atoms with Crippen molar-refractivity contribution in [3.05, 3.63) is 46.9 Å². The number of rotatable bonds is 7. The zero-order chi connectivity index (χ0) is 15.2. The number of methoxy groups -OCH3 is 1. The van der Waals surface area contributed by atoms with Crippen molar-refractivity contribution in [2.24, 2.45) is 0 Å². The molecule has 2 rings (SSSR count). The summed E-state index contributed by atoms with van der Waals surface area (Å²) >= 11 is 6.01. The Hall–Kier alpha value is -1.65. The molecule has 0 aliphatic carbocycles. The van der Waals surface area contributed by atoms with E-state index in [2.05, 4.69) is 12.2 Å². The van der Waals surface area contributed by atoms with Gasteiger partial charge in [0.05, 0.1) is 13.4 Å². The second kappa shape index (κ2) is 7.38. The number of nitrogens with one attached hydrogen (secondary N) is 1. The van der Waals surface area contributed by atoms with Gasteiger partial charge in [-0.25, -0.2) is 0 Å². The van der Waals surface area contributed by atoms with Gasteiger partial charge in [0, 0.05) is 35.7 Å². The maximum absolute atomic E-state index is 10.1. The van der Waals surface area contributed by atoms with Crippen LogP contribution < -0.4 is 10.1 Å². The number of furan rings is 1. The van der Waals surface area contributed by atoms with E-state index in [4.69, 9.17) is 20.8 Å². The number of aromatic hydroxyl groups is 1. The number of hydrogen-bond donors (Lipinski definition) is 2. The largest absolute Gasteiger partial charge is 0.504 e. The lowest BCUT2D eigenvalue weighted by atomic mass is 10.1. The summed E-state index contributed by atoms with van der Waals surface area (Å²) in [6.07, 6.45) is 3.52. The number of hydrogen-bond acceptors (Lipinski definition) is 4. The van der Waals surface area contributed by atoms with Crippen molar-refractivity contribution in [1.82, 2.24) is 5.32 Å². The molecule has 0 saturated carbocycles. The molecule has 0 aliphatic rings. The molecule has 1 aromatic heterocycles. The van der Waals surface area contributed by atoms with E-state index in [9.17, 15) is 5.11 Å². The van der Waals surface area contributed by atoms with Crippen LogP contribution in [-0.4, -0.2) is 18.3 Å². The summed E-state index contributed by atoms with van der Waals surface area (Å²) in [4.78, 5) is 0. The SMILES string of the molecule is COc1cc(Cl)cc(CNC(C)CCc2ccco2)c1O. The fourth-order valence-corrected chi connectivity index (χ4v) is 2.35. The van der Waals surface area contributed by atoms with Crippen molar-refractivity contribution in [3.8, 4) is 11.5 Å². The Labute approximate surface area is 129 Å². The first kappa shape index (κ1) is 15.7. The van der Waals surface area contributed by atoms with Gasteiger partial charge in [-0.15, -0.1) is 0 Å². The number of benzene rings is 1. The number of aryl methyl sites for hydroxylation is 1. The van der Waals surface area contributed by atoms with Crippen molar-refractivity contribution >= 4 is 11.6 Å². The van der Waals surface area contributed by atoms with Crippen LogP contribution in [0.2, 0.25) is 5.02 Å². The first-order valence-electron chi connectivity index (χ1n) is 6.91. The van der Waals surface area contributed by atoms with Crippen LogP contribution in [0.3, 0.4) is 0 Å². The Morgan fingerprint density at radius 3 is 2.90 bits per heavy atom. The third kappa shape index (κ3) is 4.41. The first-order valence-corrected chi connectivity index (χ1v) is 7.29. The summed E-state index contributed by atoms with van der Waals surface area (Å²) in [5, 5.41) is 14.0. The van der Waals surface area contributed by atoms with E-state index in [1.165, 1.54) is 7.11 Å². The number of halogens is 1. The lowest BCUT2D eigenvalue weighted by Crippen LogP contribution is -2.26. The Morgan fingerprint density at radius 1 is 1.43 bits per heavy atom. The monoisotopic (exact) mass is 309 g/mol. The van der Waals surface area contributed by atoms with Crippen LogP contribution in [-0.2, 0) is 13.0 Å². The highest BCUT2D eigenvalue weighted by Gasteiger charge is 2.11. The van der Waals surface area contributed by atoms with E-state index in [1.807, 2.05) is 12.1 Å². The van der Waals surface area contributed by atoms with Gasteiger partial charge in [0.2, 0.25) is 0 Å². The number of ether oxygens (including phenoxy) is 1. The van der Waals surface area contributed by atoms with E-state index >= 15 is 0 Å². The van der Waals surface area contributed by atoms with E-state index in [-0.39, 0.29) is 5.75 Å². The van der Waals surface area contributed by atoms with E-state index < -0.39 is 0 Å². The molecule has 0 radical (unpaired) electrons. The Morgan fingerprint density at radius 2 is 2.24 bits per heavy atom. The molecule has 1 heterocycles. The summed E-state index contributed by atoms with van der Waals surface area (Å²) in [5.41, 5.74) is 0.726. The van der Waals surface area contributed by atoms with Crippen molar-refractivity contribution in [2.75, 3.05) is 7.11 Å². The van der Waals surface area contributed by atoms with Crippen LogP contribution in [0.15, 0.2) is 34.9 Å². The van der Waals surface area contributed by atoms with Gasteiger partial charge in [0.25, 0.3) is 0 Å². The summed E-state index contributed by atoms with van der Waals surface area (Å²) in [7, 11) is 1.51. The lowest BCUT2D eigenvalue weighted by molar-refractivity contribution is 0.368. The molecule has 1 aromatic carbocycles. The van der Waals surface area contributed by atoms with Crippen molar-refractivity contribution < 1.29 is 14.3 Å². The quantitative estimate of drug-likeness (QED) is 0.817. The summed E-state index contributed by atoms with van der Waals surface area (Å²) in [6, 6.07) is 7.50. The average molecular weight is 310 g/mol. The molecule has 114 valence electrons. The van der Waals surface area contributed by atoms with E-state index in [0.717, 1.165) is 24.2 Å². The third-order valence-electron chi connectivity index (χ3n) is 3.38. The molecule has 0 saturated heterocycles. The van der Waals surface area contributed by atoms with Crippen LogP contribution in [0.4, 0.5) is 0 Å². The van der Waals surface area contributed by atoms with Crippen LogP contribution >= 0.6 is 11.6 Å². The van der Waals surface area contributed by atoms with Crippen LogP contribution in [0, 0.1) is 0 Å². The summed E-state index contributed by atoms with van der Waals surface area (Å²) in [5.74, 6) is 1.51. The zero-order valence-electron chi connectivity index (χ0n) is 12.2. The molecule has 0 aliphatic heterocycles. The molecule has 5 heteroatoms. The van der Waals surface area contributed by atoms with Crippen LogP contribution in [0.1, 0.15) is 24.7 Å². The predicted octanol–water partition coefficient (Wildman–Crippen LogP) is 3.76. The van der Waals surface area contributed by atoms with Gasteiger partial charge >= 0.3 is 0 Å². The second-order valence-corrected chi connectivity index (χ2v) is 5.45. The van der Waals surface area contributed by atoms with Crippen LogP contribution in [0.25, 0.3) is 0 Å². The fraction of sp³-hybridized carbons (Fsp3) is 0.375. The molecule has 1 atom stereocenters. The standard InChI is InChI=1S/C16H20ClNO3/c1-11(5-6-14-4-3-7-21-14)18-10-12-8-13(17)9-15(20-2)16(12)19/h3-4,7-9,11,18-19H,5-6,10H2,1-2H3. The van der Waals surface area contributed by atoms with Crippen LogP contribution in [0.5, 0.6) is 11.5 Å². The molecule has 0 spiro atoms. The maximum Gasteiger partial charge on any atom is 0.162 e. The zero-order valence-corrected chi connectivity index (χ0v) is 13.0. The van der Waals surface area contributed by atoms with Gasteiger partial charge in [-0.05, 0) is 31.5 Å². The highest BCUT2D eigenvalue weighted by atomic mass is 35.5. The Balaban J connectivity index is 1.88. The summed E-state index contributed by atoms with van der Waals surface area (Å²) in [6.45, 7) is 2.63. The number of phenols is 1. The van der Waals surface area contributed by atoms with Crippen molar-refractivity contribution in [2.45, 2.75) is 32.4 Å².